The molecule has 1 amide bonds. The van der Waals surface area contributed by atoms with E-state index in [1.165, 1.54) is 4.57 Å². The highest BCUT2D eigenvalue weighted by Gasteiger charge is 2.18. The molecule has 138 valence electrons. The smallest absolute Gasteiger partial charge is 0.419 e. The van der Waals surface area contributed by atoms with Crippen LogP contribution < -0.4 is 5.76 Å². The SMILES string of the molecule is O=C(CCn1c(=O)oc2ccccc21)N(Cc1ccco1)Cc1ccco1. The molecule has 0 fully saturated rings. The first-order valence-corrected chi connectivity index (χ1v) is 8.61. The van der Waals surface area contributed by atoms with Crippen molar-refractivity contribution < 1.29 is 18.0 Å². The van der Waals surface area contributed by atoms with Gasteiger partial charge in [0.2, 0.25) is 5.91 Å². The van der Waals surface area contributed by atoms with E-state index in [-0.39, 0.29) is 18.9 Å². The maximum Gasteiger partial charge on any atom is 0.419 e. The molecule has 0 radical (unpaired) electrons. The number of carbonyl (C=O) groups is 1. The minimum absolute atomic E-state index is 0.111. The molecule has 0 bridgehead atoms. The van der Waals surface area contributed by atoms with E-state index >= 15 is 0 Å². The summed E-state index contributed by atoms with van der Waals surface area (Å²) < 4.78 is 17.4. The monoisotopic (exact) mass is 366 g/mol. The van der Waals surface area contributed by atoms with E-state index in [0.29, 0.717) is 35.7 Å². The van der Waals surface area contributed by atoms with Crippen LogP contribution >= 0.6 is 0 Å². The van der Waals surface area contributed by atoms with Gasteiger partial charge in [0.15, 0.2) is 5.58 Å². The highest BCUT2D eigenvalue weighted by atomic mass is 16.4. The van der Waals surface area contributed by atoms with Crippen molar-refractivity contribution in [1.82, 2.24) is 9.47 Å². The molecule has 1 aromatic carbocycles. The van der Waals surface area contributed by atoms with E-state index in [2.05, 4.69) is 0 Å². The van der Waals surface area contributed by atoms with Gasteiger partial charge in [-0.1, -0.05) is 12.1 Å². The minimum atomic E-state index is -0.465. The topological polar surface area (TPSA) is 81.7 Å². The van der Waals surface area contributed by atoms with Crippen molar-refractivity contribution in [3.63, 3.8) is 0 Å². The van der Waals surface area contributed by atoms with Crippen LogP contribution in [0.1, 0.15) is 17.9 Å². The van der Waals surface area contributed by atoms with E-state index < -0.39 is 5.76 Å². The maximum absolute atomic E-state index is 12.8. The Kier molecular flexibility index (Phi) is 4.65. The number of rotatable bonds is 7. The predicted octanol–water partition coefficient (Wildman–Crippen LogP) is 3.40. The number of benzene rings is 1. The fraction of sp³-hybridized carbons (Fsp3) is 0.200. The summed E-state index contributed by atoms with van der Waals surface area (Å²) in [5.41, 5.74) is 1.19. The number of hydrogen-bond acceptors (Lipinski definition) is 5. The van der Waals surface area contributed by atoms with Crippen molar-refractivity contribution in [3.05, 3.63) is 83.1 Å². The minimum Gasteiger partial charge on any atom is -0.467 e. The first kappa shape index (κ1) is 17.0. The van der Waals surface area contributed by atoms with Crippen molar-refractivity contribution >= 4 is 17.0 Å². The lowest BCUT2D eigenvalue weighted by Gasteiger charge is -2.20. The Morgan fingerprint density at radius 2 is 1.59 bits per heavy atom. The Hall–Kier alpha value is -3.48. The Labute approximate surface area is 154 Å². The summed E-state index contributed by atoms with van der Waals surface area (Å²) in [6, 6.07) is 14.4. The molecule has 0 saturated heterocycles. The lowest BCUT2D eigenvalue weighted by Crippen LogP contribution is -2.31. The zero-order valence-electron chi connectivity index (χ0n) is 14.5. The molecule has 3 aromatic heterocycles. The van der Waals surface area contributed by atoms with Crippen molar-refractivity contribution in [2.75, 3.05) is 0 Å². The van der Waals surface area contributed by atoms with E-state index in [1.807, 2.05) is 18.2 Å². The Balaban J connectivity index is 1.50. The Morgan fingerprint density at radius 1 is 0.926 bits per heavy atom. The lowest BCUT2D eigenvalue weighted by atomic mass is 10.3. The first-order chi connectivity index (χ1) is 13.2. The van der Waals surface area contributed by atoms with Gasteiger partial charge in [-0.2, -0.15) is 0 Å². The van der Waals surface area contributed by atoms with Gasteiger partial charge in [-0.15, -0.1) is 0 Å². The fourth-order valence-electron chi connectivity index (χ4n) is 3.00. The average molecular weight is 366 g/mol. The number of fused-ring (bicyclic) bond motifs is 1. The van der Waals surface area contributed by atoms with Crippen molar-refractivity contribution in [2.45, 2.75) is 26.1 Å². The molecule has 4 aromatic rings. The third-order valence-corrected chi connectivity index (χ3v) is 4.33. The number of oxazole rings is 1. The molecule has 0 aliphatic rings. The second-order valence-corrected chi connectivity index (χ2v) is 6.15. The molecule has 7 nitrogen and oxygen atoms in total. The average Bonchev–Trinajstić information content (AvgIpc) is 3.41. The van der Waals surface area contributed by atoms with Gasteiger partial charge in [-0.25, -0.2) is 4.79 Å². The molecule has 0 atom stereocenters. The first-order valence-electron chi connectivity index (χ1n) is 8.61. The standard InChI is InChI=1S/C20H18N2O5/c23-19(9-10-22-17-7-1-2-8-18(17)27-20(22)24)21(13-15-5-3-11-25-15)14-16-6-4-12-26-16/h1-8,11-12H,9-10,13-14H2. The molecule has 0 unspecified atom stereocenters. The van der Waals surface area contributed by atoms with Crippen LogP contribution in [0.15, 0.2) is 79.1 Å². The quantitative estimate of drug-likeness (QED) is 0.501. The summed E-state index contributed by atoms with van der Waals surface area (Å²) >= 11 is 0. The highest BCUT2D eigenvalue weighted by Crippen LogP contribution is 2.15. The summed E-state index contributed by atoms with van der Waals surface area (Å²) in [5, 5.41) is 0. The van der Waals surface area contributed by atoms with Gasteiger partial charge < -0.3 is 18.2 Å². The van der Waals surface area contributed by atoms with E-state index in [9.17, 15) is 9.59 Å². The van der Waals surface area contributed by atoms with Crippen LogP contribution in [0, 0.1) is 0 Å². The number of amides is 1. The normalized spacial score (nSPS) is 11.1. The van der Waals surface area contributed by atoms with Crippen LogP contribution in [0.25, 0.3) is 11.1 Å². The van der Waals surface area contributed by atoms with Crippen LogP contribution in [0.2, 0.25) is 0 Å². The second-order valence-electron chi connectivity index (χ2n) is 6.15. The molecule has 0 aliphatic carbocycles. The zero-order chi connectivity index (χ0) is 18.6. The largest absolute Gasteiger partial charge is 0.467 e. The summed E-state index contributed by atoms with van der Waals surface area (Å²) in [4.78, 5) is 26.6. The number of para-hydroxylation sites is 2. The van der Waals surface area contributed by atoms with Gasteiger partial charge in [-0.3, -0.25) is 9.36 Å². The second kappa shape index (κ2) is 7.41. The molecule has 0 saturated carbocycles. The number of furan rings is 2. The fourth-order valence-corrected chi connectivity index (χ4v) is 3.00. The van der Waals surface area contributed by atoms with Crippen molar-refractivity contribution in [3.8, 4) is 0 Å². The predicted molar refractivity (Wildman–Crippen MR) is 96.8 cm³/mol. The van der Waals surface area contributed by atoms with Crippen LogP contribution in [0.3, 0.4) is 0 Å². The number of aryl methyl sites for hydroxylation is 1. The molecule has 0 N–H and O–H groups in total. The Bertz CT molecular complexity index is 1040. The molecule has 7 heteroatoms. The Morgan fingerprint density at radius 3 is 2.22 bits per heavy atom. The van der Waals surface area contributed by atoms with Crippen LogP contribution in [0.4, 0.5) is 0 Å². The molecule has 4 rings (SSSR count). The third-order valence-electron chi connectivity index (χ3n) is 4.33. The summed E-state index contributed by atoms with van der Waals surface area (Å²) in [5.74, 6) is 0.786. The number of hydrogen-bond donors (Lipinski definition) is 0. The summed E-state index contributed by atoms with van der Waals surface area (Å²) in [6.45, 7) is 0.891. The lowest BCUT2D eigenvalue weighted by molar-refractivity contribution is -0.133. The molecular weight excluding hydrogens is 348 g/mol. The van der Waals surface area contributed by atoms with Crippen LogP contribution in [-0.4, -0.2) is 15.4 Å². The van der Waals surface area contributed by atoms with Gasteiger partial charge in [-0.05, 0) is 36.4 Å². The number of nitrogens with zero attached hydrogens (tertiary/aromatic N) is 2. The summed E-state index contributed by atoms with van der Waals surface area (Å²) in [6.07, 6.45) is 3.30. The van der Waals surface area contributed by atoms with Crippen LogP contribution in [0.5, 0.6) is 0 Å². The van der Waals surface area contributed by atoms with E-state index in [1.54, 1.807) is 47.8 Å². The van der Waals surface area contributed by atoms with Gasteiger partial charge in [0.25, 0.3) is 0 Å². The van der Waals surface area contributed by atoms with Gasteiger partial charge in [0.1, 0.15) is 11.5 Å². The molecular formula is C20H18N2O5. The molecule has 0 aliphatic heterocycles. The van der Waals surface area contributed by atoms with E-state index in [4.69, 9.17) is 13.3 Å². The molecule has 3 heterocycles. The van der Waals surface area contributed by atoms with Crippen LogP contribution in [-0.2, 0) is 24.4 Å². The zero-order valence-corrected chi connectivity index (χ0v) is 14.5. The number of aromatic nitrogens is 1. The van der Waals surface area contributed by atoms with Crippen molar-refractivity contribution in [2.24, 2.45) is 0 Å². The molecule has 0 spiro atoms. The molecule has 27 heavy (non-hydrogen) atoms. The maximum atomic E-state index is 12.8. The van der Waals surface area contributed by atoms with Crippen molar-refractivity contribution in [1.29, 1.82) is 0 Å². The van der Waals surface area contributed by atoms with Gasteiger partial charge in [0, 0.05) is 13.0 Å². The van der Waals surface area contributed by atoms with E-state index in [0.717, 1.165) is 0 Å². The number of carbonyl (C=O) groups excluding carboxylic acids is 1. The summed E-state index contributed by atoms with van der Waals surface area (Å²) in [7, 11) is 0. The third kappa shape index (κ3) is 3.72. The van der Waals surface area contributed by atoms with Gasteiger partial charge in [0.05, 0.1) is 31.1 Å². The van der Waals surface area contributed by atoms with Gasteiger partial charge >= 0.3 is 5.76 Å². The highest BCUT2D eigenvalue weighted by molar-refractivity contribution is 5.77.